The monoisotopic (exact) mass is 702 g/mol. The maximum Gasteiger partial charge on any atom is 0.164 e. The molecule has 0 saturated carbocycles. The number of benzene rings is 8. The van der Waals surface area contributed by atoms with Crippen LogP contribution in [0.2, 0.25) is 0 Å². The minimum Gasteiger partial charge on any atom is -0.316 e. The van der Waals surface area contributed by atoms with E-state index < -0.39 is 0 Å². The molecule has 0 N–H and O–H groups in total. The Labute approximate surface area is 319 Å². The normalized spacial score (nSPS) is 11.3. The van der Waals surface area contributed by atoms with Gasteiger partial charge in [0.2, 0.25) is 0 Å². The van der Waals surface area contributed by atoms with E-state index in [0.717, 1.165) is 44.6 Å². The molecule has 0 fully saturated rings. The minimum absolute atomic E-state index is 0.639. The van der Waals surface area contributed by atoms with Gasteiger partial charge in [0, 0.05) is 39.5 Å². The van der Waals surface area contributed by atoms with Crippen LogP contribution in [0.3, 0.4) is 0 Å². The van der Waals surface area contributed by atoms with Crippen molar-refractivity contribution in [2.45, 2.75) is 0 Å². The number of nitrogens with zero attached hydrogens (tertiary/aromatic N) is 4. The van der Waals surface area contributed by atoms with Crippen LogP contribution < -0.4 is 0 Å². The first-order valence-corrected chi connectivity index (χ1v) is 18.5. The van der Waals surface area contributed by atoms with Crippen molar-refractivity contribution >= 4 is 21.7 Å². The van der Waals surface area contributed by atoms with Crippen LogP contribution in [-0.4, -0.2) is 19.5 Å². The highest BCUT2D eigenvalue weighted by Gasteiger charge is 2.16. The summed E-state index contributed by atoms with van der Waals surface area (Å²) < 4.78 is 2.31. The van der Waals surface area contributed by atoms with Crippen molar-refractivity contribution < 1.29 is 0 Å². The van der Waals surface area contributed by atoms with Crippen LogP contribution >= 0.6 is 0 Å². The first-order valence-electron chi connectivity index (χ1n) is 18.5. The van der Waals surface area contributed by atoms with Crippen molar-refractivity contribution in [3.8, 4) is 73.2 Å². The summed E-state index contributed by atoms with van der Waals surface area (Å²) in [5.41, 5.74) is 12.1. The maximum atomic E-state index is 4.98. The van der Waals surface area contributed by atoms with Gasteiger partial charge >= 0.3 is 0 Å². The Morgan fingerprint density at radius 1 is 0.327 bits per heavy atom. The summed E-state index contributed by atoms with van der Waals surface area (Å²) >= 11 is 0. The summed E-state index contributed by atoms with van der Waals surface area (Å²) in [5, 5.41) is 3.74. The van der Waals surface area contributed by atoms with E-state index >= 15 is 0 Å². The van der Waals surface area contributed by atoms with Crippen LogP contribution in [0.5, 0.6) is 0 Å². The first-order chi connectivity index (χ1) is 27.2. The minimum atomic E-state index is 0.639. The predicted octanol–water partition coefficient (Wildman–Crippen LogP) is 13.0. The molecule has 0 radical (unpaired) electrons. The standard InChI is InChI=1S/C51H34N4/c1-4-16-36(17-5-1)49-52-50(37-18-6-2-7-19-37)54-51(53-49)43-25-14-23-41(33-43)39-21-12-20-38(31-39)40-22-13-24-42(32-40)46-34-55(44-26-8-3-9-27-44)47-30-29-35-15-10-11-28-45(35)48(46)47/h1-34H. The zero-order valence-electron chi connectivity index (χ0n) is 29.9. The van der Waals surface area contributed by atoms with Crippen LogP contribution in [0.4, 0.5) is 0 Å². The Balaban J connectivity index is 1.05. The van der Waals surface area contributed by atoms with Crippen LogP contribution in [0.25, 0.3) is 94.9 Å². The SMILES string of the molecule is c1ccc(-c2nc(-c3ccccc3)nc(-c3cccc(-c4cccc(-c5cccc(-c6cn(-c7ccccc7)c7ccc8ccccc8c67)c5)c4)c3)n2)cc1. The molecule has 0 atom stereocenters. The van der Waals surface area contributed by atoms with Gasteiger partial charge in [0.25, 0.3) is 0 Å². The molecule has 258 valence electrons. The fourth-order valence-electron chi connectivity index (χ4n) is 7.55. The Kier molecular flexibility index (Phi) is 8.12. The lowest BCUT2D eigenvalue weighted by Gasteiger charge is -2.11. The Morgan fingerprint density at radius 2 is 0.764 bits per heavy atom. The quantitative estimate of drug-likeness (QED) is 0.166. The van der Waals surface area contributed by atoms with Gasteiger partial charge in [0.05, 0.1) is 5.52 Å². The van der Waals surface area contributed by atoms with Gasteiger partial charge in [-0.1, -0.05) is 164 Å². The van der Waals surface area contributed by atoms with Gasteiger partial charge in [-0.3, -0.25) is 0 Å². The van der Waals surface area contributed by atoms with Gasteiger partial charge in [-0.25, -0.2) is 15.0 Å². The average molecular weight is 703 g/mol. The number of para-hydroxylation sites is 1. The predicted molar refractivity (Wildman–Crippen MR) is 227 cm³/mol. The maximum absolute atomic E-state index is 4.98. The number of hydrogen-bond donors (Lipinski definition) is 0. The molecule has 0 spiro atoms. The van der Waals surface area contributed by atoms with Crippen molar-refractivity contribution in [3.05, 3.63) is 206 Å². The Bertz CT molecular complexity index is 2910. The highest BCUT2D eigenvalue weighted by molar-refractivity contribution is 6.14. The fourth-order valence-corrected chi connectivity index (χ4v) is 7.55. The Morgan fingerprint density at radius 3 is 1.36 bits per heavy atom. The lowest BCUT2D eigenvalue weighted by atomic mass is 9.94. The number of hydrogen-bond acceptors (Lipinski definition) is 3. The van der Waals surface area contributed by atoms with Gasteiger partial charge in [-0.2, -0.15) is 0 Å². The van der Waals surface area contributed by atoms with E-state index in [1.165, 1.54) is 32.8 Å². The molecule has 55 heavy (non-hydrogen) atoms. The number of fused-ring (bicyclic) bond motifs is 3. The third-order valence-corrected chi connectivity index (χ3v) is 10.3. The Hall–Kier alpha value is -7.43. The molecule has 10 rings (SSSR count). The third kappa shape index (κ3) is 6.16. The molecule has 10 aromatic rings. The van der Waals surface area contributed by atoms with Crippen molar-refractivity contribution in [2.75, 3.05) is 0 Å². The zero-order valence-corrected chi connectivity index (χ0v) is 29.9. The second-order valence-corrected chi connectivity index (χ2v) is 13.7. The van der Waals surface area contributed by atoms with E-state index in [4.69, 9.17) is 15.0 Å². The first kappa shape index (κ1) is 32.2. The number of aromatic nitrogens is 4. The van der Waals surface area contributed by atoms with Gasteiger partial charge in [0.1, 0.15) is 0 Å². The summed E-state index contributed by atoms with van der Waals surface area (Å²) in [6, 6.07) is 70.1. The third-order valence-electron chi connectivity index (χ3n) is 10.3. The molecule has 8 aromatic carbocycles. The lowest BCUT2D eigenvalue weighted by molar-refractivity contribution is 1.07. The van der Waals surface area contributed by atoms with E-state index in [1.54, 1.807) is 0 Å². The molecule has 4 heteroatoms. The van der Waals surface area contributed by atoms with Gasteiger partial charge in [-0.05, 0) is 75.0 Å². The summed E-state index contributed by atoms with van der Waals surface area (Å²) in [7, 11) is 0. The van der Waals surface area contributed by atoms with Crippen LogP contribution in [0.15, 0.2) is 206 Å². The van der Waals surface area contributed by atoms with E-state index in [1.807, 2.05) is 60.7 Å². The second-order valence-electron chi connectivity index (χ2n) is 13.7. The molecular formula is C51H34N4. The van der Waals surface area contributed by atoms with Gasteiger partial charge in [0.15, 0.2) is 17.5 Å². The summed E-state index contributed by atoms with van der Waals surface area (Å²) in [4.78, 5) is 14.8. The molecule has 0 aliphatic rings. The molecule has 0 aliphatic carbocycles. The summed E-state index contributed by atoms with van der Waals surface area (Å²) in [6.45, 7) is 0. The molecule has 0 amide bonds. The topological polar surface area (TPSA) is 43.6 Å². The van der Waals surface area contributed by atoms with Gasteiger partial charge in [-0.15, -0.1) is 0 Å². The molecule has 0 unspecified atom stereocenters. The molecule has 2 aromatic heterocycles. The smallest absolute Gasteiger partial charge is 0.164 e. The highest BCUT2D eigenvalue weighted by Crippen LogP contribution is 2.39. The molecule has 4 nitrogen and oxygen atoms in total. The highest BCUT2D eigenvalue weighted by atomic mass is 15.0. The summed E-state index contributed by atoms with van der Waals surface area (Å²) in [5.74, 6) is 1.94. The zero-order chi connectivity index (χ0) is 36.6. The van der Waals surface area contributed by atoms with Crippen LogP contribution in [0, 0.1) is 0 Å². The van der Waals surface area contributed by atoms with Crippen LogP contribution in [-0.2, 0) is 0 Å². The molecule has 0 saturated heterocycles. The van der Waals surface area contributed by atoms with E-state index in [2.05, 4.69) is 150 Å². The van der Waals surface area contributed by atoms with Crippen molar-refractivity contribution in [1.29, 1.82) is 0 Å². The van der Waals surface area contributed by atoms with Crippen molar-refractivity contribution in [2.24, 2.45) is 0 Å². The van der Waals surface area contributed by atoms with Gasteiger partial charge < -0.3 is 4.57 Å². The molecule has 0 aliphatic heterocycles. The van der Waals surface area contributed by atoms with Crippen molar-refractivity contribution in [3.63, 3.8) is 0 Å². The lowest BCUT2D eigenvalue weighted by Crippen LogP contribution is -2.00. The van der Waals surface area contributed by atoms with E-state index in [-0.39, 0.29) is 0 Å². The summed E-state index contributed by atoms with van der Waals surface area (Å²) in [6.07, 6.45) is 2.29. The average Bonchev–Trinajstić information content (AvgIpc) is 3.68. The van der Waals surface area contributed by atoms with Crippen molar-refractivity contribution in [1.82, 2.24) is 19.5 Å². The largest absolute Gasteiger partial charge is 0.316 e. The van der Waals surface area contributed by atoms with E-state index in [0.29, 0.717) is 17.5 Å². The molecule has 0 bridgehead atoms. The molecule has 2 heterocycles. The molecular weight excluding hydrogens is 669 g/mol. The number of rotatable bonds is 7. The van der Waals surface area contributed by atoms with Crippen LogP contribution in [0.1, 0.15) is 0 Å². The van der Waals surface area contributed by atoms with E-state index in [9.17, 15) is 0 Å². The second kappa shape index (κ2) is 13.8. The fraction of sp³-hybridized carbons (Fsp3) is 0.